The van der Waals surface area contributed by atoms with Crippen molar-refractivity contribution in [1.29, 1.82) is 0 Å². The molecule has 0 fully saturated rings. The average Bonchev–Trinajstić information content (AvgIpc) is 1.97. The van der Waals surface area contributed by atoms with Crippen molar-refractivity contribution in [3.63, 3.8) is 0 Å². The van der Waals surface area contributed by atoms with Crippen LogP contribution < -0.4 is 0 Å². The lowest BCUT2D eigenvalue weighted by Gasteiger charge is -1.98. The zero-order valence-electron chi connectivity index (χ0n) is 6.17. The summed E-state index contributed by atoms with van der Waals surface area (Å²) in [5.74, 6) is -0.749. The van der Waals surface area contributed by atoms with Crippen molar-refractivity contribution >= 4 is 28.3 Å². The molecule has 0 saturated heterocycles. The number of rotatable bonds is 1. The summed E-state index contributed by atoms with van der Waals surface area (Å²) in [5, 5.41) is 10.4. The second kappa shape index (κ2) is 3.34. The van der Waals surface area contributed by atoms with Crippen molar-refractivity contribution in [1.82, 2.24) is 0 Å². The van der Waals surface area contributed by atoms with E-state index in [-0.39, 0.29) is 3.57 Å². The summed E-state index contributed by atoms with van der Waals surface area (Å²) < 4.78 is 13.3. The standard InChI is InChI=1S/C7H5FINO2/c1-4-2-3-5(9)6(8)7(4)10(11)12/h2-3H,1H3. The summed E-state index contributed by atoms with van der Waals surface area (Å²) in [6.45, 7) is 1.51. The van der Waals surface area contributed by atoms with Crippen LogP contribution in [0.25, 0.3) is 0 Å². The highest BCUT2D eigenvalue weighted by Gasteiger charge is 2.19. The fourth-order valence-corrected chi connectivity index (χ4v) is 1.30. The monoisotopic (exact) mass is 281 g/mol. The van der Waals surface area contributed by atoms with Gasteiger partial charge in [-0.1, -0.05) is 6.07 Å². The van der Waals surface area contributed by atoms with E-state index in [1.807, 2.05) is 0 Å². The molecule has 1 aromatic rings. The first-order chi connectivity index (χ1) is 5.54. The molecular weight excluding hydrogens is 276 g/mol. The number of halogens is 2. The van der Waals surface area contributed by atoms with Gasteiger partial charge in [-0.25, -0.2) is 0 Å². The SMILES string of the molecule is Cc1ccc(I)c(F)c1[N+](=O)[O-]. The first kappa shape index (κ1) is 9.37. The minimum atomic E-state index is -0.749. The maximum absolute atomic E-state index is 13.1. The van der Waals surface area contributed by atoms with Crippen LogP contribution in [-0.4, -0.2) is 4.92 Å². The molecule has 0 radical (unpaired) electrons. The number of nitrogens with zero attached hydrogens (tertiary/aromatic N) is 1. The second-order valence-corrected chi connectivity index (χ2v) is 3.45. The molecule has 1 aromatic carbocycles. The Morgan fingerprint density at radius 3 is 2.58 bits per heavy atom. The third-order valence-electron chi connectivity index (χ3n) is 1.45. The van der Waals surface area contributed by atoms with Gasteiger partial charge >= 0.3 is 5.69 Å². The van der Waals surface area contributed by atoms with Gasteiger partial charge in [-0.3, -0.25) is 10.1 Å². The van der Waals surface area contributed by atoms with Crippen LogP contribution in [-0.2, 0) is 0 Å². The predicted octanol–water partition coefficient (Wildman–Crippen LogP) is 2.65. The Kier molecular flexibility index (Phi) is 2.61. The van der Waals surface area contributed by atoms with Gasteiger partial charge in [0, 0.05) is 5.56 Å². The smallest absolute Gasteiger partial charge is 0.258 e. The quantitative estimate of drug-likeness (QED) is 0.451. The van der Waals surface area contributed by atoms with Gasteiger partial charge in [0.1, 0.15) is 0 Å². The van der Waals surface area contributed by atoms with E-state index in [0.717, 1.165) is 0 Å². The van der Waals surface area contributed by atoms with Crippen molar-refractivity contribution in [2.75, 3.05) is 0 Å². The lowest BCUT2D eigenvalue weighted by atomic mass is 10.2. The number of nitro groups is 1. The number of nitro benzene ring substituents is 1. The van der Waals surface area contributed by atoms with E-state index in [2.05, 4.69) is 0 Å². The van der Waals surface area contributed by atoms with E-state index in [0.29, 0.717) is 5.56 Å². The Balaban J connectivity index is 3.43. The number of hydrogen-bond acceptors (Lipinski definition) is 2. The molecule has 64 valence electrons. The van der Waals surface area contributed by atoms with E-state index >= 15 is 0 Å². The summed E-state index contributed by atoms with van der Waals surface area (Å²) in [5.41, 5.74) is -0.0835. The molecule has 12 heavy (non-hydrogen) atoms. The van der Waals surface area contributed by atoms with Crippen LogP contribution in [0, 0.1) is 26.4 Å². The van der Waals surface area contributed by atoms with Crippen molar-refractivity contribution in [3.8, 4) is 0 Å². The Morgan fingerprint density at radius 2 is 2.17 bits per heavy atom. The predicted molar refractivity (Wildman–Crippen MR) is 50.5 cm³/mol. The van der Waals surface area contributed by atoms with Crippen LogP contribution in [0.15, 0.2) is 12.1 Å². The molecular formula is C7H5FINO2. The highest BCUT2D eigenvalue weighted by molar-refractivity contribution is 14.1. The Bertz CT molecular complexity index is 340. The molecule has 0 aliphatic carbocycles. The van der Waals surface area contributed by atoms with E-state index < -0.39 is 16.4 Å². The topological polar surface area (TPSA) is 43.1 Å². The van der Waals surface area contributed by atoms with Gasteiger partial charge in [0.25, 0.3) is 0 Å². The van der Waals surface area contributed by atoms with E-state index in [9.17, 15) is 14.5 Å². The molecule has 0 heterocycles. The first-order valence-corrected chi connectivity index (χ1v) is 4.21. The largest absolute Gasteiger partial charge is 0.308 e. The van der Waals surface area contributed by atoms with Crippen LogP contribution >= 0.6 is 22.6 Å². The van der Waals surface area contributed by atoms with Gasteiger partial charge in [-0.15, -0.1) is 0 Å². The molecule has 0 bridgehead atoms. The molecule has 3 nitrogen and oxygen atoms in total. The van der Waals surface area contributed by atoms with Gasteiger partial charge in [0.15, 0.2) is 0 Å². The lowest BCUT2D eigenvalue weighted by Crippen LogP contribution is -1.97. The van der Waals surface area contributed by atoms with Gasteiger partial charge in [-0.05, 0) is 35.6 Å². The molecule has 0 amide bonds. The van der Waals surface area contributed by atoms with E-state index in [4.69, 9.17) is 0 Å². The highest BCUT2D eigenvalue weighted by Crippen LogP contribution is 2.25. The van der Waals surface area contributed by atoms with Crippen LogP contribution in [0.2, 0.25) is 0 Å². The minimum Gasteiger partial charge on any atom is -0.258 e. The van der Waals surface area contributed by atoms with Crippen LogP contribution in [0.4, 0.5) is 10.1 Å². The van der Waals surface area contributed by atoms with E-state index in [1.165, 1.54) is 19.1 Å². The molecule has 0 atom stereocenters. The molecule has 0 aliphatic heterocycles. The Hall–Kier alpha value is -0.720. The van der Waals surface area contributed by atoms with Crippen molar-refractivity contribution in [2.45, 2.75) is 6.92 Å². The molecule has 0 aliphatic rings. The lowest BCUT2D eigenvalue weighted by molar-refractivity contribution is -0.388. The zero-order valence-corrected chi connectivity index (χ0v) is 8.33. The molecule has 1 rings (SSSR count). The third kappa shape index (κ3) is 1.55. The zero-order chi connectivity index (χ0) is 9.30. The molecule has 5 heteroatoms. The summed E-state index contributed by atoms with van der Waals surface area (Å²) in [7, 11) is 0. The first-order valence-electron chi connectivity index (χ1n) is 3.13. The average molecular weight is 281 g/mol. The van der Waals surface area contributed by atoms with Crippen molar-refractivity contribution < 1.29 is 9.31 Å². The third-order valence-corrected chi connectivity index (χ3v) is 2.29. The van der Waals surface area contributed by atoms with Crippen LogP contribution in [0.5, 0.6) is 0 Å². The fraction of sp³-hybridized carbons (Fsp3) is 0.143. The van der Waals surface area contributed by atoms with Crippen molar-refractivity contribution in [2.24, 2.45) is 0 Å². The molecule has 0 N–H and O–H groups in total. The Morgan fingerprint density at radius 1 is 1.58 bits per heavy atom. The minimum absolute atomic E-state index is 0.268. The number of hydrogen-bond donors (Lipinski definition) is 0. The summed E-state index contributed by atoms with van der Waals surface area (Å²) in [6, 6.07) is 3.04. The van der Waals surface area contributed by atoms with Gasteiger partial charge in [0.05, 0.1) is 8.49 Å². The van der Waals surface area contributed by atoms with Gasteiger partial charge < -0.3 is 0 Å². The van der Waals surface area contributed by atoms with Crippen LogP contribution in [0.1, 0.15) is 5.56 Å². The maximum atomic E-state index is 13.1. The normalized spacial score (nSPS) is 9.92. The highest BCUT2D eigenvalue weighted by atomic mass is 127. The summed E-state index contributed by atoms with van der Waals surface area (Å²) in [4.78, 5) is 9.66. The second-order valence-electron chi connectivity index (χ2n) is 2.28. The fourth-order valence-electron chi connectivity index (χ4n) is 0.861. The molecule has 0 unspecified atom stereocenters. The van der Waals surface area contributed by atoms with Crippen molar-refractivity contribution in [3.05, 3.63) is 37.2 Å². The van der Waals surface area contributed by atoms with E-state index in [1.54, 1.807) is 22.6 Å². The van der Waals surface area contributed by atoms with Gasteiger partial charge in [-0.2, -0.15) is 4.39 Å². The molecule has 0 spiro atoms. The summed E-state index contributed by atoms with van der Waals surface area (Å²) >= 11 is 1.72. The maximum Gasteiger partial charge on any atom is 0.308 e. The summed E-state index contributed by atoms with van der Waals surface area (Å²) in [6.07, 6.45) is 0. The molecule has 0 saturated carbocycles. The molecule has 0 aromatic heterocycles. The number of aryl methyl sites for hydroxylation is 1. The van der Waals surface area contributed by atoms with Crippen LogP contribution in [0.3, 0.4) is 0 Å². The Labute approximate surface area is 81.9 Å². The number of benzene rings is 1. The van der Waals surface area contributed by atoms with Gasteiger partial charge in [0.2, 0.25) is 5.82 Å².